The standard InChI is InChI=1S/C13H16N2O4/c1-3-9(2)19-13(18)12(17)15-14-11(16)10-7-5-4-6-8-10/h4-9H,3H2,1-2H3,(H,14,16)(H,15,17). The van der Waals surface area contributed by atoms with Crippen molar-refractivity contribution in [1.29, 1.82) is 0 Å². The third kappa shape index (κ3) is 4.79. The summed E-state index contributed by atoms with van der Waals surface area (Å²) in [5.41, 5.74) is 4.50. The molecule has 1 rings (SSSR count). The highest BCUT2D eigenvalue weighted by Crippen LogP contribution is 1.97. The summed E-state index contributed by atoms with van der Waals surface area (Å²) in [7, 11) is 0. The van der Waals surface area contributed by atoms with Crippen LogP contribution in [0.2, 0.25) is 0 Å². The largest absolute Gasteiger partial charge is 0.456 e. The van der Waals surface area contributed by atoms with Gasteiger partial charge in [0.15, 0.2) is 0 Å². The molecule has 1 aromatic carbocycles. The Morgan fingerprint density at radius 3 is 2.37 bits per heavy atom. The second kappa shape index (κ2) is 7.15. The molecule has 2 amide bonds. The van der Waals surface area contributed by atoms with Gasteiger partial charge in [-0.25, -0.2) is 4.79 Å². The van der Waals surface area contributed by atoms with Crippen LogP contribution in [-0.4, -0.2) is 23.9 Å². The van der Waals surface area contributed by atoms with E-state index < -0.39 is 17.8 Å². The van der Waals surface area contributed by atoms with Crippen LogP contribution < -0.4 is 10.9 Å². The number of ether oxygens (including phenoxy) is 1. The molecule has 6 heteroatoms. The number of nitrogens with one attached hydrogen (secondary N) is 2. The molecular formula is C13H16N2O4. The highest BCUT2D eigenvalue weighted by molar-refractivity contribution is 6.32. The van der Waals surface area contributed by atoms with Crippen LogP contribution in [0.15, 0.2) is 30.3 Å². The van der Waals surface area contributed by atoms with Gasteiger partial charge < -0.3 is 4.74 Å². The van der Waals surface area contributed by atoms with Crippen LogP contribution in [0.25, 0.3) is 0 Å². The molecule has 0 saturated heterocycles. The van der Waals surface area contributed by atoms with E-state index in [2.05, 4.69) is 5.43 Å². The number of rotatable bonds is 3. The SMILES string of the molecule is CCC(C)OC(=O)C(=O)NNC(=O)c1ccccc1. The lowest BCUT2D eigenvalue weighted by molar-refractivity contribution is -0.158. The first kappa shape index (κ1) is 14.7. The summed E-state index contributed by atoms with van der Waals surface area (Å²) in [5, 5.41) is 0. The lowest BCUT2D eigenvalue weighted by atomic mass is 10.2. The predicted octanol–water partition coefficient (Wildman–Crippen LogP) is 0.789. The van der Waals surface area contributed by atoms with E-state index >= 15 is 0 Å². The molecule has 6 nitrogen and oxygen atoms in total. The third-order valence-corrected chi connectivity index (χ3v) is 2.39. The molecule has 0 bridgehead atoms. The number of carbonyl (C=O) groups is 3. The van der Waals surface area contributed by atoms with Gasteiger partial charge >= 0.3 is 11.9 Å². The monoisotopic (exact) mass is 264 g/mol. The van der Waals surface area contributed by atoms with Crippen LogP contribution in [0.5, 0.6) is 0 Å². The van der Waals surface area contributed by atoms with E-state index in [9.17, 15) is 14.4 Å². The van der Waals surface area contributed by atoms with Crippen molar-refractivity contribution in [2.75, 3.05) is 0 Å². The summed E-state index contributed by atoms with van der Waals surface area (Å²) in [6.07, 6.45) is 0.262. The highest BCUT2D eigenvalue weighted by atomic mass is 16.5. The second-order valence-corrected chi connectivity index (χ2v) is 3.90. The van der Waals surface area contributed by atoms with E-state index in [-0.39, 0.29) is 6.10 Å². The summed E-state index contributed by atoms with van der Waals surface area (Å²) in [5.74, 6) is -2.54. The van der Waals surface area contributed by atoms with Gasteiger partial charge in [0.05, 0.1) is 6.10 Å². The number of carbonyl (C=O) groups excluding carboxylic acids is 3. The summed E-state index contributed by atoms with van der Waals surface area (Å²) in [4.78, 5) is 34.2. The zero-order valence-electron chi connectivity index (χ0n) is 10.8. The van der Waals surface area contributed by atoms with Crippen molar-refractivity contribution in [1.82, 2.24) is 10.9 Å². The smallest absolute Gasteiger partial charge is 0.398 e. The number of amides is 2. The van der Waals surface area contributed by atoms with E-state index in [1.54, 1.807) is 37.3 Å². The van der Waals surface area contributed by atoms with Gasteiger partial charge in [-0.2, -0.15) is 0 Å². The molecule has 0 spiro atoms. The fourth-order valence-corrected chi connectivity index (χ4v) is 1.15. The van der Waals surface area contributed by atoms with E-state index in [4.69, 9.17) is 4.74 Å². The van der Waals surface area contributed by atoms with Crippen LogP contribution >= 0.6 is 0 Å². The Hall–Kier alpha value is -2.37. The molecule has 0 aliphatic rings. The van der Waals surface area contributed by atoms with Gasteiger partial charge in [0.2, 0.25) is 0 Å². The maximum Gasteiger partial charge on any atom is 0.398 e. The van der Waals surface area contributed by atoms with Gasteiger partial charge in [0.25, 0.3) is 5.91 Å². The van der Waals surface area contributed by atoms with Crippen molar-refractivity contribution in [3.05, 3.63) is 35.9 Å². The second-order valence-electron chi connectivity index (χ2n) is 3.90. The van der Waals surface area contributed by atoms with Gasteiger partial charge in [-0.15, -0.1) is 0 Å². The maximum atomic E-state index is 11.6. The summed E-state index contributed by atoms with van der Waals surface area (Å²) < 4.78 is 4.80. The minimum Gasteiger partial charge on any atom is -0.456 e. The summed E-state index contributed by atoms with van der Waals surface area (Å²) in [6.45, 7) is 3.50. The molecule has 0 heterocycles. The fourth-order valence-electron chi connectivity index (χ4n) is 1.15. The van der Waals surface area contributed by atoms with Crippen molar-refractivity contribution in [2.24, 2.45) is 0 Å². The van der Waals surface area contributed by atoms with Gasteiger partial charge in [-0.1, -0.05) is 25.1 Å². The molecule has 1 unspecified atom stereocenters. The number of hydrogen-bond acceptors (Lipinski definition) is 4. The van der Waals surface area contributed by atoms with Crippen molar-refractivity contribution in [2.45, 2.75) is 26.4 Å². The van der Waals surface area contributed by atoms with E-state index in [1.807, 2.05) is 12.3 Å². The first-order valence-corrected chi connectivity index (χ1v) is 5.91. The normalized spacial score (nSPS) is 11.3. The molecule has 0 aromatic heterocycles. The van der Waals surface area contributed by atoms with E-state index in [0.717, 1.165) is 0 Å². The van der Waals surface area contributed by atoms with E-state index in [0.29, 0.717) is 12.0 Å². The summed E-state index contributed by atoms with van der Waals surface area (Å²) >= 11 is 0. The van der Waals surface area contributed by atoms with Crippen molar-refractivity contribution < 1.29 is 19.1 Å². The Labute approximate surface area is 111 Å². The van der Waals surface area contributed by atoms with Crippen LogP contribution in [0.3, 0.4) is 0 Å². The predicted molar refractivity (Wildman–Crippen MR) is 67.9 cm³/mol. The Balaban J connectivity index is 2.42. The number of hydrogen-bond donors (Lipinski definition) is 2. The van der Waals surface area contributed by atoms with Gasteiger partial charge in [0, 0.05) is 5.56 Å². The molecule has 2 N–H and O–H groups in total. The van der Waals surface area contributed by atoms with Crippen LogP contribution in [0, 0.1) is 0 Å². The molecule has 1 aromatic rings. The van der Waals surface area contributed by atoms with Gasteiger partial charge in [0.1, 0.15) is 0 Å². The third-order valence-electron chi connectivity index (χ3n) is 2.39. The number of benzene rings is 1. The molecule has 0 aliphatic heterocycles. The minimum absolute atomic E-state index is 0.344. The Bertz CT molecular complexity index is 459. The Morgan fingerprint density at radius 2 is 1.79 bits per heavy atom. The molecule has 0 aliphatic carbocycles. The quantitative estimate of drug-likeness (QED) is 0.480. The van der Waals surface area contributed by atoms with Crippen molar-refractivity contribution in [3.8, 4) is 0 Å². The zero-order valence-corrected chi connectivity index (χ0v) is 10.8. The highest BCUT2D eigenvalue weighted by Gasteiger charge is 2.18. The fraction of sp³-hybridized carbons (Fsp3) is 0.308. The molecule has 102 valence electrons. The lowest BCUT2D eigenvalue weighted by Gasteiger charge is -2.11. The first-order chi connectivity index (χ1) is 9.04. The average Bonchev–Trinajstić information content (AvgIpc) is 2.44. The van der Waals surface area contributed by atoms with Crippen LogP contribution in [0.1, 0.15) is 30.6 Å². The Morgan fingerprint density at radius 1 is 1.16 bits per heavy atom. The van der Waals surface area contributed by atoms with Crippen molar-refractivity contribution >= 4 is 17.8 Å². The molecule has 19 heavy (non-hydrogen) atoms. The lowest BCUT2D eigenvalue weighted by Crippen LogP contribution is -2.45. The molecular weight excluding hydrogens is 248 g/mol. The maximum absolute atomic E-state index is 11.6. The average molecular weight is 264 g/mol. The van der Waals surface area contributed by atoms with Crippen LogP contribution in [-0.2, 0) is 14.3 Å². The zero-order chi connectivity index (χ0) is 14.3. The molecule has 0 radical (unpaired) electrons. The first-order valence-electron chi connectivity index (χ1n) is 5.91. The van der Waals surface area contributed by atoms with Gasteiger partial charge in [-0.05, 0) is 25.5 Å². The van der Waals surface area contributed by atoms with Gasteiger partial charge in [-0.3, -0.25) is 20.4 Å². The summed E-state index contributed by atoms with van der Waals surface area (Å²) in [6, 6.07) is 8.30. The number of esters is 1. The topological polar surface area (TPSA) is 84.5 Å². The molecule has 0 saturated carbocycles. The van der Waals surface area contributed by atoms with E-state index in [1.165, 1.54) is 0 Å². The molecule has 0 fully saturated rings. The number of hydrazine groups is 1. The van der Waals surface area contributed by atoms with Crippen LogP contribution in [0.4, 0.5) is 0 Å². The Kier molecular flexibility index (Phi) is 5.53. The molecule has 1 atom stereocenters. The minimum atomic E-state index is -1.03. The van der Waals surface area contributed by atoms with Crippen molar-refractivity contribution in [3.63, 3.8) is 0 Å².